The summed E-state index contributed by atoms with van der Waals surface area (Å²) >= 11 is 7.16. The molecule has 0 aliphatic rings. The van der Waals surface area contributed by atoms with Gasteiger partial charge in [-0.15, -0.1) is 10.2 Å². The number of hydrogen-bond acceptors (Lipinski definition) is 6. The zero-order valence-electron chi connectivity index (χ0n) is 14.1. The topological polar surface area (TPSA) is 65.7 Å². The van der Waals surface area contributed by atoms with E-state index in [2.05, 4.69) is 20.2 Å². The fourth-order valence-corrected chi connectivity index (χ4v) is 3.41. The largest absolute Gasteiger partial charge is 0.486 e. The van der Waals surface area contributed by atoms with E-state index in [0.717, 1.165) is 0 Å². The fraction of sp³-hybridized carbons (Fsp3) is 0.111. The third-order valence-corrected chi connectivity index (χ3v) is 5.16. The lowest BCUT2D eigenvalue weighted by atomic mass is 10.2. The molecule has 6 nitrogen and oxygen atoms in total. The Morgan fingerprint density at radius 2 is 1.93 bits per heavy atom. The third-order valence-electron chi connectivity index (χ3n) is 3.86. The summed E-state index contributed by atoms with van der Waals surface area (Å²) in [5, 5.41) is 10.9. The molecule has 2 aromatic heterocycles. The second-order valence-electron chi connectivity index (χ2n) is 5.64. The molecule has 0 radical (unpaired) electrons. The Labute approximate surface area is 163 Å². The first-order valence-corrected chi connectivity index (χ1v) is 9.14. The molecule has 0 N–H and O–H groups in total. The summed E-state index contributed by atoms with van der Waals surface area (Å²) in [6.07, 6.45) is 1.45. The molecule has 0 aliphatic heterocycles. The van der Waals surface area contributed by atoms with Gasteiger partial charge in [0.1, 0.15) is 29.5 Å². The molecule has 2 aromatic carbocycles. The van der Waals surface area contributed by atoms with E-state index >= 15 is 0 Å². The molecule has 0 spiro atoms. The summed E-state index contributed by atoms with van der Waals surface area (Å²) < 4.78 is 21.1. The molecule has 0 saturated heterocycles. The van der Waals surface area contributed by atoms with Gasteiger partial charge in [0.25, 0.3) is 0 Å². The number of nitrogens with zero attached hydrogens (tertiary/aromatic N) is 5. The van der Waals surface area contributed by atoms with E-state index in [0.29, 0.717) is 37.7 Å². The van der Waals surface area contributed by atoms with Gasteiger partial charge < -0.3 is 9.30 Å². The average Bonchev–Trinajstić information content (AvgIpc) is 3.01. The molecule has 0 fully saturated rings. The predicted molar refractivity (Wildman–Crippen MR) is 100 cm³/mol. The molecule has 0 bridgehead atoms. The summed E-state index contributed by atoms with van der Waals surface area (Å²) in [7, 11) is 1.84. The first-order chi connectivity index (χ1) is 13.1. The highest BCUT2D eigenvalue weighted by atomic mass is 35.5. The van der Waals surface area contributed by atoms with Crippen LogP contribution in [0.15, 0.2) is 59.0 Å². The highest BCUT2D eigenvalue weighted by molar-refractivity contribution is 7.99. The lowest BCUT2D eigenvalue weighted by molar-refractivity contribution is 0.290. The molecule has 0 unspecified atom stereocenters. The molecular weight excluding hydrogens is 389 g/mol. The minimum Gasteiger partial charge on any atom is -0.486 e. The Balaban J connectivity index is 1.54. The maximum absolute atomic E-state index is 13.6. The number of rotatable bonds is 5. The average molecular weight is 402 g/mol. The Morgan fingerprint density at radius 3 is 2.74 bits per heavy atom. The summed E-state index contributed by atoms with van der Waals surface area (Å²) in [6, 6.07) is 11.5. The molecule has 0 atom stereocenters. The van der Waals surface area contributed by atoms with Gasteiger partial charge in [0.05, 0.1) is 5.52 Å². The van der Waals surface area contributed by atoms with E-state index in [1.807, 2.05) is 11.6 Å². The van der Waals surface area contributed by atoms with Gasteiger partial charge in [-0.1, -0.05) is 11.6 Å². The second kappa shape index (κ2) is 7.50. The zero-order valence-corrected chi connectivity index (χ0v) is 15.7. The van der Waals surface area contributed by atoms with Gasteiger partial charge in [0.2, 0.25) is 0 Å². The quantitative estimate of drug-likeness (QED) is 0.465. The predicted octanol–water partition coefficient (Wildman–Crippen LogP) is 4.28. The van der Waals surface area contributed by atoms with Crippen LogP contribution in [0.3, 0.4) is 0 Å². The van der Waals surface area contributed by atoms with Gasteiger partial charge in [0, 0.05) is 17.5 Å². The SMILES string of the molecule is Cn1c(COc2ccc(Cl)cc2)nnc1Sc1ncnc2ccc(F)cc12. The van der Waals surface area contributed by atoms with Crippen LogP contribution in [0, 0.1) is 5.82 Å². The minimum atomic E-state index is -0.339. The number of fused-ring (bicyclic) bond motifs is 1. The van der Waals surface area contributed by atoms with Crippen molar-refractivity contribution in [3.8, 4) is 5.75 Å². The number of benzene rings is 2. The smallest absolute Gasteiger partial charge is 0.197 e. The van der Waals surface area contributed by atoms with Crippen LogP contribution in [0.5, 0.6) is 5.75 Å². The van der Waals surface area contributed by atoms with Crippen LogP contribution < -0.4 is 4.74 Å². The highest BCUT2D eigenvalue weighted by Crippen LogP contribution is 2.30. The molecule has 9 heteroatoms. The van der Waals surface area contributed by atoms with E-state index in [-0.39, 0.29) is 12.4 Å². The number of aromatic nitrogens is 5. The van der Waals surface area contributed by atoms with Crippen molar-refractivity contribution in [3.63, 3.8) is 0 Å². The first-order valence-electron chi connectivity index (χ1n) is 7.95. The highest BCUT2D eigenvalue weighted by Gasteiger charge is 2.14. The van der Waals surface area contributed by atoms with Gasteiger partial charge in [-0.05, 0) is 54.2 Å². The Morgan fingerprint density at radius 1 is 1.11 bits per heavy atom. The number of hydrogen-bond donors (Lipinski definition) is 0. The van der Waals surface area contributed by atoms with Crippen LogP contribution in [0.4, 0.5) is 4.39 Å². The monoisotopic (exact) mass is 401 g/mol. The standard InChI is InChI=1S/C18H13ClFN5OS/c1-25-16(9-26-13-5-2-11(19)3-6-13)23-24-18(25)27-17-14-8-12(20)4-7-15(14)21-10-22-17/h2-8,10H,9H2,1H3. The summed E-state index contributed by atoms with van der Waals surface area (Å²) in [5.74, 6) is 1.00. The van der Waals surface area contributed by atoms with Gasteiger partial charge in [-0.25, -0.2) is 14.4 Å². The van der Waals surface area contributed by atoms with Crippen LogP contribution >= 0.6 is 23.4 Å². The van der Waals surface area contributed by atoms with Gasteiger partial charge >= 0.3 is 0 Å². The van der Waals surface area contributed by atoms with Crippen LogP contribution in [0.25, 0.3) is 10.9 Å². The first kappa shape index (κ1) is 17.7. The molecule has 4 aromatic rings. The lowest BCUT2D eigenvalue weighted by Crippen LogP contribution is -2.04. The summed E-state index contributed by atoms with van der Waals surface area (Å²) in [4.78, 5) is 8.41. The Bertz CT molecular complexity index is 1100. The summed E-state index contributed by atoms with van der Waals surface area (Å²) in [5.41, 5.74) is 0.669. The zero-order chi connectivity index (χ0) is 18.8. The molecule has 4 rings (SSSR count). The van der Waals surface area contributed by atoms with E-state index < -0.39 is 0 Å². The number of ether oxygens (including phenoxy) is 1. The van der Waals surface area contributed by atoms with Crippen LogP contribution in [-0.4, -0.2) is 24.7 Å². The van der Waals surface area contributed by atoms with Crippen LogP contribution in [0.1, 0.15) is 5.82 Å². The summed E-state index contributed by atoms with van der Waals surface area (Å²) in [6.45, 7) is 0.255. The van der Waals surface area contributed by atoms with Gasteiger partial charge in [0.15, 0.2) is 11.0 Å². The molecule has 0 saturated carbocycles. The van der Waals surface area contributed by atoms with Crippen molar-refractivity contribution in [2.75, 3.05) is 0 Å². The van der Waals surface area contributed by atoms with E-state index in [1.54, 1.807) is 30.3 Å². The molecule has 0 amide bonds. The molecule has 2 heterocycles. The Hall–Kier alpha value is -2.71. The maximum atomic E-state index is 13.6. The van der Waals surface area contributed by atoms with Crippen molar-refractivity contribution in [1.29, 1.82) is 0 Å². The minimum absolute atomic E-state index is 0.255. The van der Waals surface area contributed by atoms with Crippen molar-refractivity contribution >= 4 is 34.3 Å². The van der Waals surface area contributed by atoms with Crippen LogP contribution in [-0.2, 0) is 13.7 Å². The fourth-order valence-electron chi connectivity index (χ4n) is 2.41. The maximum Gasteiger partial charge on any atom is 0.197 e. The lowest BCUT2D eigenvalue weighted by Gasteiger charge is -2.07. The van der Waals surface area contributed by atoms with Crippen molar-refractivity contribution in [2.24, 2.45) is 7.05 Å². The van der Waals surface area contributed by atoms with E-state index in [9.17, 15) is 4.39 Å². The van der Waals surface area contributed by atoms with E-state index in [1.165, 1.54) is 30.2 Å². The third kappa shape index (κ3) is 3.86. The van der Waals surface area contributed by atoms with Crippen molar-refractivity contribution in [2.45, 2.75) is 16.8 Å². The molecule has 27 heavy (non-hydrogen) atoms. The van der Waals surface area contributed by atoms with Crippen LogP contribution in [0.2, 0.25) is 5.02 Å². The van der Waals surface area contributed by atoms with Crippen molar-refractivity contribution < 1.29 is 9.13 Å². The molecule has 0 aliphatic carbocycles. The molecular formula is C18H13ClFN5OS. The van der Waals surface area contributed by atoms with Gasteiger partial charge in [-0.2, -0.15) is 0 Å². The van der Waals surface area contributed by atoms with Crippen molar-refractivity contribution in [1.82, 2.24) is 24.7 Å². The van der Waals surface area contributed by atoms with Crippen molar-refractivity contribution in [3.05, 3.63) is 65.5 Å². The Kier molecular flexibility index (Phi) is 4.91. The normalized spacial score (nSPS) is 11.1. The van der Waals surface area contributed by atoms with E-state index in [4.69, 9.17) is 16.3 Å². The van der Waals surface area contributed by atoms with Gasteiger partial charge in [-0.3, -0.25) is 0 Å². The molecule has 136 valence electrons. The number of halogens is 2. The second-order valence-corrected chi connectivity index (χ2v) is 7.04.